The number of hydrogen-bond donors (Lipinski definition) is 2. The van der Waals surface area contributed by atoms with Gasteiger partial charge in [-0.05, 0) is 29.6 Å². The summed E-state index contributed by atoms with van der Waals surface area (Å²) >= 11 is 1.14. The molecule has 3 aromatic rings. The van der Waals surface area contributed by atoms with Crippen LogP contribution in [-0.4, -0.2) is 13.4 Å². The van der Waals surface area contributed by atoms with Gasteiger partial charge in [-0.25, -0.2) is 17.8 Å². The van der Waals surface area contributed by atoms with Crippen molar-refractivity contribution in [2.45, 2.75) is 10.8 Å². The highest BCUT2D eigenvalue weighted by Gasteiger charge is 2.15. The number of nitrogens with zero attached hydrogens (tertiary/aromatic N) is 1. The molecular weight excluding hydrogens is 349 g/mol. The zero-order chi connectivity index (χ0) is 17.0. The molecule has 0 spiro atoms. The van der Waals surface area contributed by atoms with E-state index in [0.717, 1.165) is 11.3 Å². The van der Waals surface area contributed by atoms with E-state index in [-0.39, 0.29) is 10.0 Å². The summed E-state index contributed by atoms with van der Waals surface area (Å²) in [6, 6.07) is 12.9. The van der Waals surface area contributed by atoms with Crippen LogP contribution in [0.3, 0.4) is 0 Å². The summed E-state index contributed by atoms with van der Waals surface area (Å²) in [6.07, 6.45) is 1.41. The van der Waals surface area contributed by atoms with Crippen molar-refractivity contribution in [3.63, 3.8) is 0 Å². The number of thiophene rings is 1. The van der Waals surface area contributed by atoms with E-state index in [2.05, 4.69) is 15.0 Å². The summed E-state index contributed by atoms with van der Waals surface area (Å²) in [6.45, 7) is 0.292. The SMILES string of the molecule is O=S(=O)(Nc1ccc(NCc2ccccc2F)nc1)c1cccs1. The monoisotopic (exact) mass is 363 g/mol. The normalized spacial score (nSPS) is 11.2. The maximum atomic E-state index is 13.5. The topological polar surface area (TPSA) is 71.1 Å². The van der Waals surface area contributed by atoms with Gasteiger partial charge in [0.15, 0.2) is 0 Å². The van der Waals surface area contributed by atoms with E-state index >= 15 is 0 Å². The molecule has 2 N–H and O–H groups in total. The van der Waals surface area contributed by atoms with Crippen LogP contribution in [-0.2, 0) is 16.6 Å². The van der Waals surface area contributed by atoms with Gasteiger partial charge < -0.3 is 5.32 Å². The minimum atomic E-state index is -3.59. The molecule has 1 aromatic carbocycles. The largest absolute Gasteiger partial charge is 0.366 e. The maximum Gasteiger partial charge on any atom is 0.271 e. The molecule has 2 heterocycles. The van der Waals surface area contributed by atoms with Crippen LogP contribution in [0.2, 0.25) is 0 Å². The molecule has 124 valence electrons. The summed E-state index contributed by atoms with van der Waals surface area (Å²) in [5.74, 6) is 0.239. The van der Waals surface area contributed by atoms with Gasteiger partial charge in [-0.1, -0.05) is 24.3 Å². The molecule has 8 heteroatoms. The molecule has 5 nitrogen and oxygen atoms in total. The lowest BCUT2D eigenvalue weighted by Gasteiger charge is -2.09. The van der Waals surface area contributed by atoms with Crippen molar-refractivity contribution in [1.29, 1.82) is 0 Å². The van der Waals surface area contributed by atoms with Gasteiger partial charge in [-0.15, -0.1) is 11.3 Å². The van der Waals surface area contributed by atoms with Gasteiger partial charge in [-0.2, -0.15) is 0 Å². The first-order valence-corrected chi connectivity index (χ1v) is 9.40. The first kappa shape index (κ1) is 16.4. The Morgan fingerprint density at radius 2 is 1.92 bits per heavy atom. The lowest BCUT2D eigenvalue weighted by atomic mass is 10.2. The van der Waals surface area contributed by atoms with Crippen molar-refractivity contribution < 1.29 is 12.8 Å². The van der Waals surface area contributed by atoms with Gasteiger partial charge in [-0.3, -0.25) is 4.72 Å². The number of halogens is 1. The van der Waals surface area contributed by atoms with Crippen molar-refractivity contribution in [2.24, 2.45) is 0 Å². The molecule has 0 saturated carbocycles. The van der Waals surface area contributed by atoms with Gasteiger partial charge in [0.2, 0.25) is 0 Å². The Labute approximate surface area is 143 Å². The number of benzene rings is 1. The molecule has 0 bridgehead atoms. The number of nitrogens with one attached hydrogen (secondary N) is 2. The summed E-state index contributed by atoms with van der Waals surface area (Å²) < 4.78 is 40.5. The summed E-state index contributed by atoms with van der Waals surface area (Å²) in [7, 11) is -3.59. The molecule has 2 aromatic heterocycles. The second-order valence-corrected chi connectivity index (χ2v) is 7.77. The van der Waals surface area contributed by atoms with Crippen LogP contribution in [0.15, 0.2) is 64.3 Å². The fourth-order valence-electron chi connectivity index (χ4n) is 2.01. The third kappa shape index (κ3) is 3.90. The maximum absolute atomic E-state index is 13.5. The lowest BCUT2D eigenvalue weighted by Crippen LogP contribution is -2.11. The Morgan fingerprint density at radius 3 is 2.58 bits per heavy atom. The van der Waals surface area contributed by atoms with E-state index < -0.39 is 10.0 Å². The van der Waals surface area contributed by atoms with E-state index in [1.165, 1.54) is 18.3 Å². The standard InChI is InChI=1S/C16H14FN3O2S2/c17-14-5-2-1-4-12(14)10-18-15-8-7-13(11-19-15)20-24(21,22)16-6-3-9-23-16/h1-9,11,20H,10H2,(H,18,19). The van der Waals surface area contributed by atoms with E-state index in [1.807, 2.05) is 0 Å². The molecule has 0 aliphatic rings. The van der Waals surface area contributed by atoms with Crippen LogP contribution in [0.5, 0.6) is 0 Å². The molecule has 3 rings (SSSR count). The summed E-state index contributed by atoms with van der Waals surface area (Å²) in [4.78, 5) is 4.13. The van der Waals surface area contributed by atoms with Gasteiger partial charge >= 0.3 is 0 Å². The highest BCUT2D eigenvalue weighted by molar-refractivity contribution is 7.94. The minimum Gasteiger partial charge on any atom is -0.366 e. The van der Waals surface area contributed by atoms with E-state index in [4.69, 9.17) is 0 Å². The molecular formula is C16H14FN3O2S2. The highest BCUT2D eigenvalue weighted by Crippen LogP contribution is 2.20. The van der Waals surface area contributed by atoms with Crippen molar-refractivity contribution in [2.75, 3.05) is 10.0 Å². The summed E-state index contributed by atoms with van der Waals surface area (Å²) in [5, 5.41) is 4.69. The van der Waals surface area contributed by atoms with E-state index in [1.54, 1.807) is 41.8 Å². The third-order valence-electron chi connectivity index (χ3n) is 3.19. The highest BCUT2D eigenvalue weighted by atomic mass is 32.2. The Kier molecular flexibility index (Phi) is 4.77. The second kappa shape index (κ2) is 6.98. The zero-order valence-electron chi connectivity index (χ0n) is 12.4. The molecule has 0 fully saturated rings. The molecule has 24 heavy (non-hydrogen) atoms. The van der Waals surface area contributed by atoms with Gasteiger partial charge in [0, 0.05) is 12.1 Å². The quantitative estimate of drug-likeness (QED) is 0.701. The van der Waals surface area contributed by atoms with Crippen LogP contribution in [0.1, 0.15) is 5.56 Å². The van der Waals surface area contributed by atoms with Crippen molar-refractivity contribution in [1.82, 2.24) is 4.98 Å². The Bertz CT molecular complexity index is 911. The average Bonchev–Trinajstić information content (AvgIpc) is 3.11. The van der Waals surface area contributed by atoms with Crippen molar-refractivity contribution in [3.8, 4) is 0 Å². The predicted octanol–water partition coefficient (Wildman–Crippen LogP) is 3.70. The molecule has 0 unspecified atom stereocenters. The van der Waals surface area contributed by atoms with Crippen molar-refractivity contribution >= 4 is 32.9 Å². The van der Waals surface area contributed by atoms with Gasteiger partial charge in [0.25, 0.3) is 10.0 Å². The zero-order valence-corrected chi connectivity index (χ0v) is 14.1. The molecule has 0 atom stereocenters. The van der Waals surface area contributed by atoms with Crippen LogP contribution in [0.25, 0.3) is 0 Å². The number of rotatable bonds is 6. The molecule has 0 aliphatic heterocycles. The Morgan fingerprint density at radius 1 is 1.08 bits per heavy atom. The molecule has 0 amide bonds. The van der Waals surface area contributed by atoms with Crippen LogP contribution >= 0.6 is 11.3 Å². The first-order chi connectivity index (χ1) is 11.5. The van der Waals surface area contributed by atoms with Crippen molar-refractivity contribution in [3.05, 3.63) is 71.5 Å². The lowest BCUT2D eigenvalue weighted by molar-refractivity contribution is 0.603. The summed E-state index contributed by atoms with van der Waals surface area (Å²) in [5.41, 5.74) is 0.890. The molecule has 0 aliphatic carbocycles. The first-order valence-electron chi connectivity index (χ1n) is 7.04. The predicted molar refractivity (Wildman–Crippen MR) is 93.1 cm³/mol. The number of aromatic nitrogens is 1. The van der Waals surface area contributed by atoms with E-state index in [0.29, 0.717) is 23.6 Å². The number of pyridine rings is 1. The number of hydrogen-bond acceptors (Lipinski definition) is 5. The second-order valence-electron chi connectivity index (χ2n) is 4.91. The number of sulfonamides is 1. The fraction of sp³-hybridized carbons (Fsp3) is 0.0625. The van der Waals surface area contributed by atoms with E-state index in [9.17, 15) is 12.8 Å². The smallest absolute Gasteiger partial charge is 0.271 e. The average molecular weight is 363 g/mol. The molecule has 0 saturated heterocycles. The van der Waals surface area contributed by atoms with Gasteiger partial charge in [0.05, 0.1) is 11.9 Å². The third-order valence-corrected chi connectivity index (χ3v) is 5.97. The minimum absolute atomic E-state index is 0.240. The van der Waals surface area contributed by atoms with Crippen LogP contribution in [0.4, 0.5) is 15.9 Å². The van der Waals surface area contributed by atoms with Crippen LogP contribution < -0.4 is 10.0 Å². The Balaban J connectivity index is 1.65. The number of anilines is 2. The molecule has 0 radical (unpaired) electrons. The van der Waals surface area contributed by atoms with Gasteiger partial charge in [0.1, 0.15) is 15.8 Å². The van der Waals surface area contributed by atoms with Crippen LogP contribution in [0, 0.1) is 5.82 Å². The Hall–Kier alpha value is -2.45. The fourth-order valence-corrected chi connectivity index (χ4v) is 4.04.